The average Bonchev–Trinajstić information content (AvgIpc) is 3.12. The van der Waals surface area contributed by atoms with Crippen LogP contribution in [0.15, 0.2) is 24.3 Å². The number of ether oxygens (including phenoxy) is 2. The van der Waals surface area contributed by atoms with Gasteiger partial charge in [-0.2, -0.15) is 0 Å². The van der Waals surface area contributed by atoms with Crippen molar-refractivity contribution in [3.63, 3.8) is 0 Å². The maximum Gasteiger partial charge on any atom is 0.333 e. The molecule has 3 saturated carbocycles. The van der Waals surface area contributed by atoms with Gasteiger partial charge in [0, 0.05) is 17.1 Å². The first-order valence-electron chi connectivity index (χ1n) is 8.11. The fourth-order valence-corrected chi connectivity index (χ4v) is 4.70. The van der Waals surface area contributed by atoms with Crippen LogP contribution in [0, 0.1) is 23.7 Å². The molecular weight excluding hydrogens is 280 g/mol. The second kappa shape index (κ2) is 5.56. The molecule has 2 bridgehead atoms. The van der Waals surface area contributed by atoms with Crippen LogP contribution in [0.5, 0.6) is 0 Å². The van der Waals surface area contributed by atoms with Gasteiger partial charge in [-0.15, -0.1) is 0 Å². The Kier molecular flexibility index (Phi) is 3.87. The fourth-order valence-electron chi connectivity index (χ4n) is 4.70. The molecule has 0 aliphatic heterocycles. The van der Waals surface area contributed by atoms with Gasteiger partial charge in [0.2, 0.25) is 0 Å². The normalized spacial score (nSPS) is 38.5. The lowest BCUT2D eigenvalue weighted by molar-refractivity contribution is -0.163. The highest BCUT2D eigenvalue weighted by atomic mass is 16.6. The highest BCUT2D eigenvalue weighted by Crippen LogP contribution is 2.59. The number of hydrogen-bond acceptors (Lipinski definition) is 4. The fraction of sp³-hybridized carbons (Fsp3) is 0.667. The predicted octanol–water partition coefficient (Wildman–Crippen LogP) is 3.03. The third-order valence-corrected chi connectivity index (χ3v) is 5.61. The van der Waals surface area contributed by atoms with Crippen LogP contribution >= 0.6 is 0 Å². The molecule has 0 radical (unpaired) electrons. The molecule has 0 amide bonds. The Hall–Kier alpha value is -1.58. The highest BCUT2D eigenvalue weighted by Gasteiger charge is 2.59. The second-order valence-electron chi connectivity index (χ2n) is 7.18. The van der Waals surface area contributed by atoms with E-state index in [9.17, 15) is 9.59 Å². The van der Waals surface area contributed by atoms with Gasteiger partial charge in [-0.25, -0.2) is 9.59 Å². The maximum atomic E-state index is 12.0. The molecule has 0 spiro atoms. The monoisotopic (exact) mass is 304 g/mol. The first-order chi connectivity index (χ1) is 10.4. The number of hydrogen-bond donors (Lipinski definition) is 0. The third kappa shape index (κ3) is 2.49. The largest absolute Gasteiger partial charge is 0.455 e. The van der Waals surface area contributed by atoms with Gasteiger partial charge in [-0.05, 0) is 57.3 Å². The molecule has 0 saturated heterocycles. The van der Waals surface area contributed by atoms with Crippen molar-refractivity contribution < 1.29 is 19.1 Å². The first-order valence-corrected chi connectivity index (χ1v) is 8.11. The first kappa shape index (κ1) is 15.3. The molecule has 0 heterocycles. The molecule has 0 aromatic rings. The van der Waals surface area contributed by atoms with Gasteiger partial charge in [0.1, 0.15) is 12.2 Å². The van der Waals surface area contributed by atoms with Gasteiger partial charge in [-0.1, -0.05) is 13.2 Å². The molecule has 3 aliphatic rings. The van der Waals surface area contributed by atoms with Crippen LogP contribution in [0.2, 0.25) is 0 Å². The van der Waals surface area contributed by atoms with E-state index in [1.165, 1.54) is 19.3 Å². The van der Waals surface area contributed by atoms with Gasteiger partial charge in [0.25, 0.3) is 0 Å². The van der Waals surface area contributed by atoms with Crippen molar-refractivity contribution in [1.29, 1.82) is 0 Å². The number of carbonyl (C=O) groups is 2. The summed E-state index contributed by atoms with van der Waals surface area (Å²) in [7, 11) is 0. The van der Waals surface area contributed by atoms with Gasteiger partial charge in [0.05, 0.1) is 0 Å². The maximum absolute atomic E-state index is 12.0. The zero-order valence-corrected chi connectivity index (χ0v) is 13.3. The molecule has 3 rings (SSSR count). The van der Waals surface area contributed by atoms with Crippen LogP contribution < -0.4 is 0 Å². The van der Waals surface area contributed by atoms with E-state index in [0.29, 0.717) is 34.8 Å². The van der Waals surface area contributed by atoms with E-state index in [4.69, 9.17) is 9.47 Å². The number of carbonyl (C=O) groups excluding carboxylic acids is 2. The molecule has 120 valence electrons. The summed E-state index contributed by atoms with van der Waals surface area (Å²) in [6.07, 6.45) is 3.83. The van der Waals surface area contributed by atoms with E-state index < -0.39 is 5.97 Å². The molecule has 22 heavy (non-hydrogen) atoms. The van der Waals surface area contributed by atoms with Crippen LogP contribution in [0.1, 0.15) is 39.5 Å². The van der Waals surface area contributed by atoms with Crippen molar-refractivity contribution in [1.82, 2.24) is 0 Å². The minimum absolute atomic E-state index is 0.326. The Balaban J connectivity index is 1.79. The lowest BCUT2D eigenvalue weighted by Gasteiger charge is -2.29. The molecule has 0 aromatic carbocycles. The Morgan fingerprint density at radius 3 is 2.14 bits per heavy atom. The Labute approximate surface area is 131 Å². The Morgan fingerprint density at radius 1 is 0.909 bits per heavy atom. The minimum atomic E-state index is -0.395. The summed E-state index contributed by atoms with van der Waals surface area (Å²) < 4.78 is 11.3. The quantitative estimate of drug-likeness (QED) is 0.592. The summed E-state index contributed by atoms with van der Waals surface area (Å²) in [4.78, 5) is 23.9. The molecule has 6 atom stereocenters. The number of fused-ring (bicyclic) bond motifs is 5. The van der Waals surface area contributed by atoms with Crippen molar-refractivity contribution in [3.05, 3.63) is 24.3 Å². The third-order valence-electron chi connectivity index (χ3n) is 5.61. The summed E-state index contributed by atoms with van der Waals surface area (Å²) in [6, 6.07) is 0. The van der Waals surface area contributed by atoms with E-state index in [1.54, 1.807) is 13.8 Å². The molecule has 4 unspecified atom stereocenters. The van der Waals surface area contributed by atoms with Crippen LogP contribution in [-0.2, 0) is 19.1 Å². The summed E-state index contributed by atoms with van der Waals surface area (Å²) in [5.41, 5.74) is 0.765. The molecule has 3 fully saturated rings. The highest BCUT2D eigenvalue weighted by molar-refractivity contribution is 5.88. The number of esters is 2. The van der Waals surface area contributed by atoms with Crippen molar-refractivity contribution in [2.75, 3.05) is 0 Å². The SMILES string of the molecule is C=C(C)C(=O)OC1CC2C(C1OC(=O)C(=C)C)[C@H]1CC[C@@H]2C1. The second-order valence-corrected chi connectivity index (χ2v) is 7.18. The summed E-state index contributed by atoms with van der Waals surface area (Å²) in [6.45, 7) is 10.6. The zero-order chi connectivity index (χ0) is 16.0. The topological polar surface area (TPSA) is 52.6 Å². The van der Waals surface area contributed by atoms with Crippen LogP contribution in [0.4, 0.5) is 0 Å². The smallest absolute Gasteiger partial charge is 0.333 e. The van der Waals surface area contributed by atoms with E-state index in [2.05, 4.69) is 13.2 Å². The van der Waals surface area contributed by atoms with Crippen molar-refractivity contribution in [2.24, 2.45) is 23.7 Å². The summed E-state index contributed by atoms with van der Waals surface area (Å²) in [5, 5.41) is 0. The Morgan fingerprint density at radius 2 is 1.50 bits per heavy atom. The van der Waals surface area contributed by atoms with Gasteiger partial charge in [-0.3, -0.25) is 0 Å². The van der Waals surface area contributed by atoms with Gasteiger partial charge in [0.15, 0.2) is 0 Å². The van der Waals surface area contributed by atoms with Crippen molar-refractivity contribution in [2.45, 2.75) is 51.7 Å². The molecule has 4 nitrogen and oxygen atoms in total. The van der Waals surface area contributed by atoms with Crippen molar-refractivity contribution >= 4 is 11.9 Å². The lowest BCUT2D eigenvalue weighted by Crippen LogP contribution is -2.37. The molecule has 0 aromatic heterocycles. The standard InChI is InChI=1S/C18H24O4/c1-9(2)17(19)21-14-8-13-11-5-6-12(7-11)15(13)16(14)22-18(20)10(3)4/h11-16H,1,3,5-8H2,2,4H3/t11-,12+,13?,14?,15?,16?/m1/s1. The lowest BCUT2D eigenvalue weighted by atomic mass is 9.81. The Bertz CT molecular complexity index is 535. The van der Waals surface area contributed by atoms with E-state index in [1.807, 2.05) is 0 Å². The predicted molar refractivity (Wildman–Crippen MR) is 81.8 cm³/mol. The summed E-state index contributed by atoms with van der Waals surface area (Å²) in [5.74, 6) is 1.38. The average molecular weight is 304 g/mol. The van der Waals surface area contributed by atoms with Crippen LogP contribution in [-0.4, -0.2) is 24.1 Å². The molecule has 3 aliphatic carbocycles. The molecule has 0 N–H and O–H groups in total. The van der Waals surface area contributed by atoms with Gasteiger partial charge >= 0.3 is 11.9 Å². The van der Waals surface area contributed by atoms with Crippen LogP contribution in [0.3, 0.4) is 0 Å². The molecular formula is C18H24O4. The minimum Gasteiger partial charge on any atom is -0.455 e. The zero-order valence-electron chi connectivity index (χ0n) is 13.3. The molecule has 4 heteroatoms. The van der Waals surface area contributed by atoms with Gasteiger partial charge < -0.3 is 9.47 Å². The summed E-state index contributed by atoms with van der Waals surface area (Å²) >= 11 is 0. The van der Waals surface area contributed by atoms with E-state index in [0.717, 1.165) is 6.42 Å². The van der Waals surface area contributed by atoms with Crippen molar-refractivity contribution in [3.8, 4) is 0 Å². The van der Waals surface area contributed by atoms with E-state index in [-0.39, 0.29) is 18.2 Å². The van der Waals surface area contributed by atoms with E-state index >= 15 is 0 Å². The van der Waals surface area contributed by atoms with Crippen LogP contribution in [0.25, 0.3) is 0 Å². The number of rotatable bonds is 4.